The monoisotopic (exact) mass is 360 g/mol. The molecule has 0 saturated carbocycles. The fourth-order valence-corrected chi connectivity index (χ4v) is 3.75. The zero-order valence-electron chi connectivity index (χ0n) is 16.0. The molecule has 0 unspecified atom stereocenters. The van der Waals surface area contributed by atoms with Gasteiger partial charge in [0.2, 0.25) is 5.91 Å². The van der Waals surface area contributed by atoms with Crippen molar-refractivity contribution in [1.82, 2.24) is 15.1 Å². The molecular weight excluding hydrogens is 328 g/mol. The van der Waals surface area contributed by atoms with E-state index in [-0.39, 0.29) is 5.91 Å². The highest BCUT2D eigenvalue weighted by Crippen LogP contribution is 2.20. The summed E-state index contributed by atoms with van der Waals surface area (Å²) >= 11 is 0. The van der Waals surface area contributed by atoms with Crippen molar-refractivity contribution in [2.45, 2.75) is 19.3 Å². The number of piperazine rings is 1. The first-order valence-corrected chi connectivity index (χ1v) is 9.85. The summed E-state index contributed by atoms with van der Waals surface area (Å²) in [5.41, 5.74) is 1.22. The number of carbonyl (C=O) groups is 1. The van der Waals surface area contributed by atoms with Crippen molar-refractivity contribution >= 4 is 11.6 Å². The minimum atomic E-state index is 0.153. The number of ether oxygens (including phenoxy) is 1. The van der Waals surface area contributed by atoms with Crippen LogP contribution in [-0.2, 0) is 4.79 Å². The molecule has 2 heterocycles. The maximum atomic E-state index is 12.2. The molecule has 0 atom stereocenters. The van der Waals surface area contributed by atoms with Gasteiger partial charge in [-0.25, -0.2) is 0 Å². The number of benzene rings is 1. The first-order valence-electron chi connectivity index (χ1n) is 9.85. The molecule has 6 heteroatoms. The van der Waals surface area contributed by atoms with Crippen LogP contribution in [0.25, 0.3) is 0 Å². The highest BCUT2D eigenvalue weighted by molar-refractivity contribution is 5.78. The number of nitrogens with zero attached hydrogens (tertiary/aromatic N) is 3. The Morgan fingerprint density at radius 3 is 2.31 bits per heavy atom. The summed E-state index contributed by atoms with van der Waals surface area (Å²) in [6.07, 6.45) is 3.95. The topological polar surface area (TPSA) is 48.1 Å². The molecule has 0 aliphatic carbocycles. The number of methoxy groups -OCH3 is 1. The van der Waals surface area contributed by atoms with Crippen LogP contribution in [0, 0.1) is 0 Å². The Morgan fingerprint density at radius 1 is 0.962 bits per heavy atom. The summed E-state index contributed by atoms with van der Waals surface area (Å²) < 4.78 is 5.21. The molecule has 0 aromatic heterocycles. The zero-order valence-corrected chi connectivity index (χ0v) is 16.0. The number of hydrogen-bond acceptors (Lipinski definition) is 5. The third-order valence-electron chi connectivity index (χ3n) is 5.38. The lowest BCUT2D eigenvalue weighted by atomic mass is 10.1. The van der Waals surface area contributed by atoms with E-state index in [0.717, 1.165) is 45.0 Å². The Labute approximate surface area is 157 Å². The van der Waals surface area contributed by atoms with Crippen LogP contribution in [0.3, 0.4) is 0 Å². The van der Waals surface area contributed by atoms with Crippen molar-refractivity contribution in [2.75, 3.05) is 70.9 Å². The van der Waals surface area contributed by atoms with Crippen LogP contribution in [0.15, 0.2) is 24.3 Å². The average Bonchev–Trinajstić information content (AvgIpc) is 2.69. The largest absolute Gasteiger partial charge is 0.497 e. The van der Waals surface area contributed by atoms with Gasteiger partial charge < -0.3 is 19.9 Å². The quantitative estimate of drug-likeness (QED) is 0.797. The van der Waals surface area contributed by atoms with Crippen LogP contribution in [-0.4, -0.2) is 81.7 Å². The lowest BCUT2D eigenvalue weighted by Crippen LogP contribution is -2.50. The summed E-state index contributed by atoms with van der Waals surface area (Å²) in [6.45, 7) is 8.38. The number of likely N-dealkylation sites (tertiary alicyclic amines) is 1. The minimum absolute atomic E-state index is 0.153. The summed E-state index contributed by atoms with van der Waals surface area (Å²) in [5, 5.41) is 3.08. The van der Waals surface area contributed by atoms with Crippen LogP contribution >= 0.6 is 0 Å². The van der Waals surface area contributed by atoms with E-state index in [1.165, 1.54) is 38.0 Å². The van der Waals surface area contributed by atoms with Crippen LogP contribution in [0.2, 0.25) is 0 Å². The van der Waals surface area contributed by atoms with Crippen molar-refractivity contribution < 1.29 is 9.53 Å². The smallest absolute Gasteiger partial charge is 0.234 e. The molecule has 2 saturated heterocycles. The number of rotatable bonds is 7. The Hall–Kier alpha value is -1.79. The van der Waals surface area contributed by atoms with E-state index in [4.69, 9.17) is 4.74 Å². The van der Waals surface area contributed by atoms with Gasteiger partial charge in [0.25, 0.3) is 0 Å². The van der Waals surface area contributed by atoms with Gasteiger partial charge in [-0.1, -0.05) is 6.42 Å². The Bertz CT molecular complexity index is 549. The first-order chi connectivity index (χ1) is 12.7. The van der Waals surface area contributed by atoms with Gasteiger partial charge in [0, 0.05) is 45.0 Å². The fourth-order valence-electron chi connectivity index (χ4n) is 3.75. The van der Waals surface area contributed by atoms with E-state index in [0.29, 0.717) is 6.54 Å². The summed E-state index contributed by atoms with van der Waals surface area (Å²) in [4.78, 5) is 19.2. The molecule has 2 fully saturated rings. The molecule has 1 aromatic rings. The van der Waals surface area contributed by atoms with Gasteiger partial charge in [0.05, 0.1) is 13.7 Å². The van der Waals surface area contributed by atoms with E-state index in [1.807, 2.05) is 12.1 Å². The predicted octanol–water partition coefficient (Wildman–Crippen LogP) is 1.42. The molecule has 0 spiro atoms. The van der Waals surface area contributed by atoms with Crippen molar-refractivity contribution in [3.05, 3.63) is 24.3 Å². The molecule has 26 heavy (non-hydrogen) atoms. The number of hydrogen-bond donors (Lipinski definition) is 1. The third kappa shape index (κ3) is 5.61. The van der Waals surface area contributed by atoms with E-state index in [1.54, 1.807) is 7.11 Å². The lowest BCUT2D eigenvalue weighted by molar-refractivity contribution is -0.122. The second kappa shape index (κ2) is 9.78. The molecule has 3 rings (SSSR count). The van der Waals surface area contributed by atoms with Crippen LogP contribution in [0.5, 0.6) is 5.75 Å². The molecular formula is C20H32N4O2. The summed E-state index contributed by atoms with van der Waals surface area (Å²) in [5.74, 6) is 1.04. The van der Waals surface area contributed by atoms with Crippen molar-refractivity contribution in [3.8, 4) is 5.75 Å². The molecule has 6 nitrogen and oxygen atoms in total. The van der Waals surface area contributed by atoms with Gasteiger partial charge in [-0.3, -0.25) is 9.69 Å². The number of anilines is 1. The fraction of sp³-hybridized carbons (Fsp3) is 0.650. The first kappa shape index (κ1) is 19.0. The van der Waals surface area contributed by atoms with Crippen LogP contribution in [0.4, 0.5) is 5.69 Å². The second-order valence-corrected chi connectivity index (χ2v) is 7.21. The van der Waals surface area contributed by atoms with Crippen molar-refractivity contribution in [2.24, 2.45) is 0 Å². The summed E-state index contributed by atoms with van der Waals surface area (Å²) in [7, 11) is 1.69. The van der Waals surface area contributed by atoms with Crippen LogP contribution < -0.4 is 15.0 Å². The molecule has 144 valence electrons. The van der Waals surface area contributed by atoms with Gasteiger partial charge >= 0.3 is 0 Å². The van der Waals surface area contributed by atoms with E-state index < -0.39 is 0 Å². The second-order valence-electron chi connectivity index (χ2n) is 7.21. The number of nitrogens with one attached hydrogen (secondary N) is 1. The maximum Gasteiger partial charge on any atom is 0.234 e. The van der Waals surface area contributed by atoms with Gasteiger partial charge in [-0.15, -0.1) is 0 Å². The van der Waals surface area contributed by atoms with E-state index in [9.17, 15) is 4.79 Å². The van der Waals surface area contributed by atoms with Crippen molar-refractivity contribution in [3.63, 3.8) is 0 Å². The van der Waals surface area contributed by atoms with Gasteiger partial charge in [-0.2, -0.15) is 0 Å². The SMILES string of the molecule is COc1ccc(N2CCN(CC(=O)NCCN3CCCCC3)CC2)cc1. The van der Waals surface area contributed by atoms with Gasteiger partial charge in [0.15, 0.2) is 0 Å². The zero-order chi connectivity index (χ0) is 18.2. The molecule has 1 N–H and O–H groups in total. The average molecular weight is 361 g/mol. The van der Waals surface area contributed by atoms with E-state index >= 15 is 0 Å². The van der Waals surface area contributed by atoms with Gasteiger partial charge in [0.1, 0.15) is 5.75 Å². The Balaban J connectivity index is 1.33. The predicted molar refractivity (Wildman–Crippen MR) is 105 cm³/mol. The van der Waals surface area contributed by atoms with Gasteiger partial charge in [-0.05, 0) is 50.2 Å². The third-order valence-corrected chi connectivity index (χ3v) is 5.38. The molecule has 2 aliphatic rings. The Morgan fingerprint density at radius 2 is 1.65 bits per heavy atom. The number of piperidine rings is 1. The maximum absolute atomic E-state index is 12.2. The highest BCUT2D eigenvalue weighted by Gasteiger charge is 2.19. The number of amides is 1. The molecule has 0 radical (unpaired) electrons. The van der Waals surface area contributed by atoms with Crippen LogP contribution in [0.1, 0.15) is 19.3 Å². The molecule has 0 bridgehead atoms. The Kier molecular flexibility index (Phi) is 7.14. The molecule has 1 amide bonds. The van der Waals surface area contributed by atoms with Crippen molar-refractivity contribution in [1.29, 1.82) is 0 Å². The standard InChI is InChI=1S/C20H32N4O2/c1-26-19-7-5-18(6-8-19)24-15-13-23(14-16-24)17-20(25)21-9-12-22-10-3-2-4-11-22/h5-8H,2-4,9-17H2,1H3,(H,21,25). The highest BCUT2D eigenvalue weighted by atomic mass is 16.5. The van der Waals surface area contributed by atoms with E-state index in [2.05, 4.69) is 32.1 Å². The molecule has 1 aromatic carbocycles. The normalized spacial score (nSPS) is 19.3. The summed E-state index contributed by atoms with van der Waals surface area (Å²) in [6, 6.07) is 8.19. The minimum Gasteiger partial charge on any atom is -0.497 e. The lowest BCUT2D eigenvalue weighted by Gasteiger charge is -2.35. The molecule has 2 aliphatic heterocycles. The number of carbonyl (C=O) groups excluding carboxylic acids is 1.